The third kappa shape index (κ3) is 3.59. The van der Waals surface area contributed by atoms with Crippen LogP contribution in [-0.2, 0) is 0 Å². The number of rotatable bonds is 6. The van der Waals surface area contributed by atoms with Gasteiger partial charge in [-0.25, -0.2) is 0 Å². The lowest BCUT2D eigenvalue weighted by Crippen LogP contribution is -2.11. The average Bonchev–Trinajstić information content (AvgIpc) is 2.34. The van der Waals surface area contributed by atoms with E-state index in [1.165, 1.54) is 0 Å². The number of hydrogen-bond acceptors (Lipinski definition) is 3. The summed E-state index contributed by atoms with van der Waals surface area (Å²) in [4.78, 5) is 0. The molecule has 0 unspecified atom stereocenters. The van der Waals surface area contributed by atoms with Gasteiger partial charge < -0.3 is 14.8 Å². The molecule has 3 heteroatoms. The Morgan fingerprint density at radius 2 is 2.06 bits per heavy atom. The Morgan fingerprint density at radius 1 is 1.25 bits per heavy atom. The zero-order valence-electron chi connectivity index (χ0n) is 10.1. The Hall–Kier alpha value is -1.48. The molecule has 0 bridgehead atoms. The van der Waals surface area contributed by atoms with Gasteiger partial charge in [-0.05, 0) is 18.7 Å². The first-order valence-electron chi connectivity index (χ1n) is 5.41. The number of hydrogen-bond donors (Lipinski definition) is 1. The molecule has 0 aliphatic heterocycles. The topological polar surface area (TPSA) is 30.5 Å². The molecule has 1 rings (SSSR count). The van der Waals surface area contributed by atoms with Crippen molar-refractivity contribution >= 4 is 6.08 Å². The largest absolute Gasteiger partial charge is 0.497 e. The first kappa shape index (κ1) is 12.6. The summed E-state index contributed by atoms with van der Waals surface area (Å²) in [5.41, 5.74) is 1.06. The van der Waals surface area contributed by atoms with Gasteiger partial charge in [0.15, 0.2) is 0 Å². The van der Waals surface area contributed by atoms with Crippen molar-refractivity contribution in [3.8, 4) is 11.5 Å². The van der Waals surface area contributed by atoms with Crippen LogP contribution in [0, 0.1) is 0 Å². The maximum Gasteiger partial charge on any atom is 0.129 e. The number of likely N-dealkylation sites (N-methyl/N-ethyl adjacent to an activating group) is 1. The zero-order chi connectivity index (χ0) is 11.8. The van der Waals surface area contributed by atoms with Gasteiger partial charge in [0.25, 0.3) is 0 Å². The highest BCUT2D eigenvalue weighted by atomic mass is 16.5. The van der Waals surface area contributed by atoms with Crippen LogP contribution in [0.15, 0.2) is 24.3 Å². The lowest BCUT2D eigenvalue weighted by Gasteiger charge is -2.07. The molecule has 3 nitrogen and oxygen atoms in total. The molecule has 0 saturated heterocycles. The van der Waals surface area contributed by atoms with E-state index in [0.29, 0.717) is 0 Å². The second-order valence-electron chi connectivity index (χ2n) is 3.32. The van der Waals surface area contributed by atoms with Gasteiger partial charge >= 0.3 is 0 Å². The van der Waals surface area contributed by atoms with Crippen molar-refractivity contribution in [1.29, 1.82) is 0 Å². The highest BCUT2D eigenvalue weighted by molar-refractivity contribution is 5.59. The van der Waals surface area contributed by atoms with Crippen molar-refractivity contribution in [2.75, 3.05) is 27.3 Å². The summed E-state index contributed by atoms with van der Waals surface area (Å²) >= 11 is 0. The quantitative estimate of drug-likeness (QED) is 0.748. The van der Waals surface area contributed by atoms with Gasteiger partial charge in [0.1, 0.15) is 11.5 Å². The van der Waals surface area contributed by atoms with E-state index in [2.05, 4.69) is 18.3 Å². The van der Waals surface area contributed by atoms with Gasteiger partial charge in [0.05, 0.1) is 14.2 Å². The van der Waals surface area contributed by atoms with E-state index in [-0.39, 0.29) is 0 Å². The van der Waals surface area contributed by atoms with Gasteiger partial charge in [-0.15, -0.1) is 0 Å². The standard InChI is InChI=1S/C13H19NO2/c1-4-14-9-5-6-11-7-8-12(15-2)10-13(11)16-3/h5-8,10,14H,4,9H2,1-3H3. The predicted molar refractivity (Wildman–Crippen MR) is 67.1 cm³/mol. The smallest absolute Gasteiger partial charge is 0.129 e. The molecule has 16 heavy (non-hydrogen) atoms. The maximum atomic E-state index is 5.29. The Balaban J connectivity index is 2.75. The number of ether oxygens (including phenoxy) is 2. The molecule has 0 fully saturated rings. The molecule has 0 spiro atoms. The summed E-state index contributed by atoms with van der Waals surface area (Å²) in [7, 11) is 3.31. The monoisotopic (exact) mass is 221 g/mol. The second-order valence-corrected chi connectivity index (χ2v) is 3.32. The van der Waals surface area contributed by atoms with Crippen molar-refractivity contribution in [2.24, 2.45) is 0 Å². The summed E-state index contributed by atoms with van der Waals surface area (Å²) in [5, 5.41) is 3.23. The van der Waals surface area contributed by atoms with Gasteiger partial charge in [0, 0.05) is 18.2 Å². The van der Waals surface area contributed by atoms with Crippen LogP contribution in [0.2, 0.25) is 0 Å². The fourth-order valence-corrected chi connectivity index (χ4v) is 1.37. The van der Waals surface area contributed by atoms with Crippen molar-refractivity contribution in [3.05, 3.63) is 29.8 Å². The third-order valence-electron chi connectivity index (χ3n) is 2.25. The summed E-state index contributed by atoms with van der Waals surface area (Å²) in [6.07, 6.45) is 4.12. The fourth-order valence-electron chi connectivity index (χ4n) is 1.37. The molecule has 0 amide bonds. The molecule has 1 aromatic rings. The summed E-state index contributed by atoms with van der Waals surface area (Å²) in [6.45, 7) is 3.93. The van der Waals surface area contributed by atoms with E-state index in [1.54, 1.807) is 14.2 Å². The van der Waals surface area contributed by atoms with E-state index in [4.69, 9.17) is 9.47 Å². The molecule has 1 aromatic carbocycles. The van der Waals surface area contributed by atoms with Crippen molar-refractivity contribution in [2.45, 2.75) is 6.92 Å². The lowest BCUT2D eigenvalue weighted by molar-refractivity contribution is 0.394. The minimum Gasteiger partial charge on any atom is -0.497 e. The van der Waals surface area contributed by atoms with Crippen LogP contribution in [0.25, 0.3) is 6.08 Å². The molecular formula is C13H19NO2. The van der Waals surface area contributed by atoms with Crippen LogP contribution in [0.5, 0.6) is 11.5 Å². The Kier molecular flexibility index (Phi) is 5.43. The minimum absolute atomic E-state index is 0.806. The molecule has 88 valence electrons. The summed E-state index contributed by atoms with van der Waals surface area (Å²) < 4.78 is 10.4. The molecule has 1 N–H and O–H groups in total. The first-order chi connectivity index (χ1) is 7.81. The Labute approximate surface area is 97.1 Å². The molecule has 0 radical (unpaired) electrons. The zero-order valence-corrected chi connectivity index (χ0v) is 10.1. The van der Waals surface area contributed by atoms with Gasteiger partial charge in [-0.2, -0.15) is 0 Å². The van der Waals surface area contributed by atoms with Crippen LogP contribution in [0.1, 0.15) is 12.5 Å². The highest BCUT2D eigenvalue weighted by Crippen LogP contribution is 2.25. The Morgan fingerprint density at radius 3 is 2.69 bits per heavy atom. The first-order valence-corrected chi connectivity index (χ1v) is 5.41. The number of nitrogens with one attached hydrogen (secondary N) is 1. The molecular weight excluding hydrogens is 202 g/mol. The van der Waals surface area contributed by atoms with Crippen LogP contribution < -0.4 is 14.8 Å². The maximum absolute atomic E-state index is 5.29. The van der Waals surface area contributed by atoms with E-state index in [1.807, 2.05) is 24.3 Å². The number of benzene rings is 1. The highest BCUT2D eigenvalue weighted by Gasteiger charge is 2.01. The van der Waals surface area contributed by atoms with E-state index in [0.717, 1.165) is 30.2 Å². The van der Waals surface area contributed by atoms with Crippen LogP contribution >= 0.6 is 0 Å². The molecule has 0 aliphatic rings. The number of methoxy groups -OCH3 is 2. The predicted octanol–water partition coefficient (Wildman–Crippen LogP) is 2.33. The van der Waals surface area contributed by atoms with Crippen LogP contribution in [0.4, 0.5) is 0 Å². The van der Waals surface area contributed by atoms with E-state index < -0.39 is 0 Å². The molecule has 0 aromatic heterocycles. The Bertz CT molecular complexity index is 348. The van der Waals surface area contributed by atoms with Crippen molar-refractivity contribution in [1.82, 2.24) is 5.32 Å². The normalized spacial score (nSPS) is 10.7. The SMILES string of the molecule is CCNCC=Cc1ccc(OC)cc1OC. The van der Waals surface area contributed by atoms with Crippen molar-refractivity contribution in [3.63, 3.8) is 0 Å². The minimum atomic E-state index is 0.806. The molecule has 0 aliphatic carbocycles. The van der Waals surface area contributed by atoms with Gasteiger partial charge in [-0.3, -0.25) is 0 Å². The van der Waals surface area contributed by atoms with Crippen molar-refractivity contribution < 1.29 is 9.47 Å². The van der Waals surface area contributed by atoms with Crippen LogP contribution in [-0.4, -0.2) is 27.3 Å². The van der Waals surface area contributed by atoms with E-state index >= 15 is 0 Å². The summed E-state index contributed by atoms with van der Waals surface area (Å²) in [5.74, 6) is 1.63. The van der Waals surface area contributed by atoms with Crippen LogP contribution in [0.3, 0.4) is 0 Å². The second kappa shape index (κ2) is 6.90. The lowest BCUT2D eigenvalue weighted by atomic mass is 10.1. The summed E-state index contributed by atoms with van der Waals surface area (Å²) in [6, 6.07) is 5.79. The average molecular weight is 221 g/mol. The molecule has 0 heterocycles. The fraction of sp³-hybridized carbons (Fsp3) is 0.385. The van der Waals surface area contributed by atoms with Gasteiger partial charge in [0.2, 0.25) is 0 Å². The van der Waals surface area contributed by atoms with E-state index in [9.17, 15) is 0 Å². The third-order valence-corrected chi connectivity index (χ3v) is 2.25. The molecule has 0 atom stereocenters. The molecule has 0 saturated carbocycles. The van der Waals surface area contributed by atoms with Gasteiger partial charge in [-0.1, -0.05) is 19.1 Å².